The minimum absolute atomic E-state index is 0.0120. The third kappa shape index (κ3) is 3.63. The lowest BCUT2D eigenvalue weighted by Crippen LogP contribution is -2.35. The van der Waals surface area contributed by atoms with Crippen molar-refractivity contribution >= 4 is 37.3 Å². The highest BCUT2D eigenvalue weighted by molar-refractivity contribution is 9.10. The standard InChI is InChI=1S/C10H12BrN3O4S/c11-7-4-9(14(15)16)10(12-5-7)13-8-2-1-3-19(17,18)6-8/h4-5,8H,1-3,6H2,(H,12,13). The Morgan fingerprint density at radius 1 is 1.53 bits per heavy atom. The molecule has 0 aliphatic carbocycles. The van der Waals surface area contributed by atoms with Crippen LogP contribution in [-0.2, 0) is 9.84 Å². The molecule has 0 saturated carbocycles. The molecule has 2 heterocycles. The van der Waals surface area contributed by atoms with Crippen LogP contribution in [0.1, 0.15) is 12.8 Å². The molecule has 7 nitrogen and oxygen atoms in total. The van der Waals surface area contributed by atoms with Crippen LogP contribution in [0.15, 0.2) is 16.7 Å². The van der Waals surface area contributed by atoms with Gasteiger partial charge in [0.15, 0.2) is 9.84 Å². The van der Waals surface area contributed by atoms with E-state index >= 15 is 0 Å². The van der Waals surface area contributed by atoms with E-state index in [1.165, 1.54) is 12.3 Å². The summed E-state index contributed by atoms with van der Waals surface area (Å²) in [5.74, 6) is 0.276. The molecular formula is C10H12BrN3O4S. The Morgan fingerprint density at radius 3 is 2.89 bits per heavy atom. The van der Waals surface area contributed by atoms with E-state index < -0.39 is 14.8 Å². The molecule has 0 radical (unpaired) electrons. The molecule has 1 atom stereocenters. The van der Waals surface area contributed by atoms with Gasteiger partial charge in [-0.05, 0) is 28.8 Å². The summed E-state index contributed by atoms with van der Waals surface area (Å²) in [6.07, 6.45) is 2.66. The summed E-state index contributed by atoms with van der Waals surface area (Å²) >= 11 is 3.12. The number of anilines is 1. The number of hydrogen-bond acceptors (Lipinski definition) is 6. The van der Waals surface area contributed by atoms with Gasteiger partial charge in [0.25, 0.3) is 0 Å². The Balaban J connectivity index is 2.21. The second kappa shape index (κ2) is 5.41. The van der Waals surface area contributed by atoms with Crippen molar-refractivity contribution in [3.63, 3.8) is 0 Å². The van der Waals surface area contributed by atoms with Crippen LogP contribution in [0.2, 0.25) is 0 Å². The summed E-state index contributed by atoms with van der Waals surface area (Å²) in [5.41, 5.74) is -0.169. The third-order valence-electron chi connectivity index (χ3n) is 2.83. The highest BCUT2D eigenvalue weighted by Gasteiger charge is 2.27. The van der Waals surface area contributed by atoms with Crippen molar-refractivity contribution in [3.05, 3.63) is 26.9 Å². The molecular weight excluding hydrogens is 338 g/mol. The van der Waals surface area contributed by atoms with Crippen LogP contribution < -0.4 is 5.32 Å². The third-order valence-corrected chi connectivity index (χ3v) is 5.09. The van der Waals surface area contributed by atoms with Gasteiger partial charge < -0.3 is 5.32 Å². The van der Waals surface area contributed by atoms with E-state index in [2.05, 4.69) is 26.2 Å². The topological polar surface area (TPSA) is 102 Å². The lowest BCUT2D eigenvalue weighted by atomic mass is 10.2. The summed E-state index contributed by atoms with van der Waals surface area (Å²) in [4.78, 5) is 14.3. The molecule has 1 aliphatic heterocycles. The van der Waals surface area contributed by atoms with Gasteiger partial charge in [-0.2, -0.15) is 0 Å². The molecule has 1 aromatic heterocycles. The monoisotopic (exact) mass is 349 g/mol. The van der Waals surface area contributed by atoms with Gasteiger partial charge in [0.2, 0.25) is 5.82 Å². The molecule has 104 valence electrons. The van der Waals surface area contributed by atoms with Gasteiger partial charge in [0.05, 0.1) is 16.4 Å². The summed E-state index contributed by atoms with van der Waals surface area (Å²) in [6.45, 7) is 0. The minimum atomic E-state index is -3.06. The van der Waals surface area contributed by atoms with Crippen LogP contribution in [0, 0.1) is 10.1 Å². The molecule has 1 unspecified atom stereocenters. The van der Waals surface area contributed by atoms with Crippen LogP contribution in [0.4, 0.5) is 11.5 Å². The zero-order chi connectivity index (χ0) is 14.0. The van der Waals surface area contributed by atoms with E-state index in [4.69, 9.17) is 0 Å². The van der Waals surface area contributed by atoms with E-state index in [0.29, 0.717) is 17.3 Å². The smallest absolute Gasteiger partial charge is 0.312 e. The number of sulfone groups is 1. The van der Waals surface area contributed by atoms with Crippen LogP contribution >= 0.6 is 15.9 Å². The second-order valence-electron chi connectivity index (χ2n) is 4.38. The minimum Gasteiger partial charge on any atom is -0.361 e. The van der Waals surface area contributed by atoms with Crippen LogP contribution in [0.5, 0.6) is 0 Å². The molecule has 19 heavy (non-hydrogen) atoms. The first-order valence-corrected chi connectivity index (χ1v) is 8.26. The van der Waals surface area contributed by atoms with Crippen molar-refractivity contribution in [1.29, 1.82) is 0 Å². The van der Waals surface area contributed by atoms with E-state index in [1.807, 2.05) is 0 Å². The highest BCUT2D eigenvalue weighted by Crippen LogP contribution is 2.27. The molecule has 1 aromatic rings. The molecule has 1 saturated heterocycles. The molecule has 1 aliphatic rings. The summed E-state index contributed by atoms with van der Waals surface area (Å²) in [6, 6.07) is 1.01. The van der Waals surface area contributed by atoms with Crippen LogP contribution in [-0.4, -0.2) is 35.9 Å². The Labute approximate surface area is 118 Å². The average Bonchev–Trinajstić information content (AvgIpc) is 2.30. The molecule has 1 fully saturated rings. The molecule has 0 bridgehead atoms. The van der Waals surface area contributed by atoms with Gasteiger partial charge >= 0.3 is 5.69 Å². The van der Waals surface area contributed by atoms with E-state index in [9.17, 15) is 18.5 Å². The Hall–Kier alpha value is -1.22. The Morgan fingerprint density at radius 2 is 2.26 bits per heavy atom. The normalized spacial score (nSPS) is 21.8. The zero-order valence-corrected chi connectivity index (χ0v) is 12.3. The summed E-state index contributed by atoms with van der Waals surface area (Å²) in [7, 11) is -3.06. The van der Waals surface area contributed by atoms with Crippen molar-refractivity contribution in [2.75, 3.05) is 16.8 Å². The SMILES string of the molecule is O=[N+]([O-])c1cc(Br)cnc1NC1CCCS(=O)(=O)C1. The van der Waals surface area contributed by atoms with Gasteiger partial charge in [-0.25, -0.2) is 13.4 Å². The van der Waals surface area contributed by atoms with Gasteiger partial charge in [0, 0.05) is 22.8 Å². The first-order valence-electron chi connectivity index (χ1n) is 5.64. The fourth-order valence-electron chi connectivity index (χ4n) is 2.01. The predicted molar refractivity (Wildman–Crippen MR) is 73.9 cm³/mol. The maximum atomic E-state index is 11.5. The molecule has 2 rings (SSSR count). The molecule has 9 heteroatoms. The van der Waals surface area contributed by atoms with Gasteiger partial charge in [-0.15, -0.1) is 0 Å². The van der Waals surface area contributed by atoms with Crippen molar-refractivity contribution in [2.45, 2.75) is 18.9 Å². The number of halogens is 1. The molecule has 0 aromatic carbocycles. The number of aromatic nitrogens is 1. The zero-order valence-electron chi connectivity index (χ0n) is 9.87. The summed E-state index contributed by atoms with van der Waals surface area (Å²) in [5, 5.41) is 13.8. The fourth-order valence-corrected chi connectivity index (χ4v) is 3.96. The number of nitrogens with one attached hydrogen (secondary N) is 1. The number of hydrogen-bond donors (Lipinski definition) is 1. The van der Waals surface area contributed by atoms with E-state index in [-0.39, 0.29) is 29.1 Å². The molecule has 0 amide bonds. The van der Waals surface area contributed by atoms with E-state index in [1.54, 1.807) is 0 Å². The first-order chi connectivity index (χ1) is 8.87. The first kappa shape index (κ1) is 14.2. The average molecular weight is 350 g/mol. The number of pyridine rings is 1. The summed E-state index contributed by atoms with van der Waals surface area (Å²) < 4.78 is 23.5. The Bertz CT molecular complexity index is 605. The van der Waals surface area contributed by atoms with Crippen molar-refractivity contribution in [3.8, 4) is 0 Å². The predicted octanol–water partition coefficient (Wildman–Crippen LogP) is 1.74. The van der Waals surface area contributed by atoms with E-state index in [0.717, 1.165) is 0 Å². The molecule has 1 N–H and O–H groups in total. The Kier molecular flexibility index (Phi) is 4.04. The number of nitrogens with zero attached hydrogens (tertiary/aromatic N) is 2. The van der Waals surface area contributed by atoms with Gasteiger partial charge in [-0.1, -0.05) is 0 Å². The van der Waals surface area contributed by atoms with Crippen LogP contribution in [0.3, 0.4) is 0 Å². The lowest BCUT2D eigenvalue weighted by molar-refractivity contribution is -0.384. The highest BCUT2D eigenvalue weighted by atomic mass is 79.9. The number of nitro groups is 1. The van der Waals surface area contributed by atoms with Crippen LogP contribution in [0.25, 0.3) is 0 Å². The van der Waals surface area contributed by atoms with Gasteiger partial charge in [-0.3, -0.25) is 10.1 Å². The quantitative estimate of drug-likeness (QED) is 0.658. The maximum absolute atomic E-state index is 11.5. The largest absolute Gasteiger partial charge is 0.361 e. The van der Waals surface area contributed by atoms with Crippen molar-refractivity contribution < 1.29 is 13.3 Å². The second-order valence-corrected chi connectivity index (χ2v) is 7.52. The number of rotatable bonds is 3. The lowest BCUT2D eigenvalue weighted by Gasteiger charge is -2.23. The molecule has 0 spiro atoms. The fraction of sp³-hybridized carbons (Fsp3) is 0.500. The van der Waals surface area contributed by atoms with Crippen molar-refractivity contribution in [2.24, 2.45) is 0 Å². The van der Waals surface area contributed by atoms with Crippen molar-refractivity contribution in [1.82, 2.24) is 4.98 Å². The van der Waals surface area contributed by atoms with Gasteiger partial charge in [0.1, 0.15) is 0 Å². The maximum Gasteiger partial charge on any atom is 0.312 e.